The molecule has 4 nitrogen and oxygen atoms in total. The van der Waals surface area contributed by atoms with Crippen LogP contribution in [0, 0.1) is 0 Å². The van der Waals surface area contributed by atoms with Gasteiger partial charge in [-0.25, -0.2) is 0 Å². The normalized spacial score (nSPS) is 25.5. The maximum absolute atomic E-state index is 5.25. The fraction of sp³-hybridized carbons (Fsp3) is 1.00. The quantitative estimate of drug-likeness (QED) is 0.423. The molecular weight excluding hydrogens is 156 g/mol. The van der Waals surface area contributed by atoms with Gasteiger partial charge in [0.25, 0.3) is 0 Å². The van der Waals surface area contributed by atoms with E-state index in [-0.39, 0.29) is 18.5 Å². The van der Waals surface area contributed by atoms with Crippen molar-refractivity contribution < 1.29 is 9.47 Å². The van der Waals surface area contributed by atoms with Crippen molar-refractivity contribution in [3.63, 3.8) is 0 Å². The molecule has 1 unspecified atom stereocenters. The van der Waals surface area contributed by atoms with Crippen molar-refractivity contribution in [3.05, 3.63) is 0 Å². The summed E-state index contributed by atoms with van der Waals surface area (Å²) in [5, 5.41) is 0. The zero-order chi connectivity index (χ0) is 6.53. The number of rotatable bonds is 2. The number of nitrogens with one attached hydrogen (secondary N) is 1. The molecule has 0 bridgehead atoms. The van der Waals surface area contributed by atoms with E-state index < -0.39 is 0 Å². The summed E-state index contributed by atoms with van der Waals surface area (Å²) >= 11 is 0. The molecule has 0 aromatic heterocycles. The summed E-state index contributed by atoms with van der Waals surface area (Å²) in [4.78, 5) is 0. The monoisotopic (exact) mass is 168 g/mol. The minimum absolute atomic E-state index is 0. The number of hydrogen-bond acceptors (Lipinski definition) is 4. The van der Waals surface area contributed by atoms with E-state index in [0.717, 1.165) is 0 Å². The molecule has 0 spiro atoms. The van der Waals surface area contributed by atoms with Gasteiger partial charge in [0.15, 0.2) is 0 Å². The number of ether oxygens (including phenoxy) is 2. The summed E-state index contributed by atoms with van der Waals surface area (Å²) in [6, 6.07) is 0. The van der Waals surface area contributed by atoms with Gasteiger partial charge in [0, 0.05) is 6.54 Å². The second-order valence-electron chi connectivity index (χ2n) is 1.98. The summed E-state index contributed by atoms with van der Waals surface area (Å²) in [7, 11) is 0. The van der Waals surface area contributed by atoms with Crippen LogP contribution >= 0.6 is 12.4 Å². The third kappa shape index (κ3) is 3.34. The van der Waals surface area contributed by atoms with E-state index in [2.05, 4.69) is 5.43 Å². The summed E-state index contributed by atoms with van der Waals surface area (Å²) in [5.74, 6) is 5.07. The van der Waals surface area contributed by atoms with Crippen LogP contribution < -0.4 is 11.3 Å². The third-order valence-corrected chi connectivity index (χ3v) is 1.23. The highest BCUT2D eigenvalue weighted by atomic mass is 35.5. The van der Waals surface area contributed by atoms with Crippen LogP contribution in [0.4, 0.5) is 0 Å². The lowest BCUT2D eigenvalue weighted by atomic mass is 10.3. The van der Waals surface area contributed by atoms with E-state index in [9.17, 15) is 0 Å². The second kappa shape index (κ2) is 5.88. The van der Waals surface area contributed by atoms with Gasteiger partial charge in [-0.05, 0) is 0 Å². The van der Waals surface area contributed by atoms with Gasteiger partial charge in [-0.15, -0.1) is 12.4 Å². The first-order chi connectivity index (χ1) is 4.43. The molecule has 0 aliphatic carbocycles. The fourth-order valence-electron chi connectivity index (χ4n) is 0.786. The lowest BCUT2D eigenvalue weighted by Gasteiger charge is -2.21. The van der Waals surface area contributed by atoms with Crippen LogP contribution in [0.25, 0.3) is 0 Å². The molecule has 5 heteroatoms. The van der Waals surface area contributed by atoms with Crippen molar-refractivity contribution >= 4 is 12.4 Å². The predicted octanol–water partition coefficient (Wildman–Crippen LogP) is -0.713. The summed E-state index contributed by atoms with van der Waals surface area (Å²) < 4.78 is 10.4. The molecule has 1 heterocycles. The fourth-order valence-corrected chi connectivity index (χ4v) is 0.786. The minimum atomic E-state index is 0. The van der Waals surface area contributed by atoms with E-state index >= 15 is 0 Å². The lowest BCUT2D eigenvalue weighted by molar-refractivity contribution is -0.0863. The number of halogens is 1. The summed E-state index contributed by atoms with van der Waals surface area (Å²) in [6.45, 7) is 2.72. The van der Waals surface area contributed by atoms with Crippen LogP contribution in [0.5, 0.6) is 0 Å². The first kappa shape index (κ1) is 10.1. The van der Waals surface area contributed by atoms with Crippen molar-refractivity contribution in [1.29, 1.82) is 0 Å². The van der Waals surface area contributed by atoms with Crippen molar-refractivity contribution in [3.8, 4) is 0 Å². The number of hydrogen-bond donors (Lipinski definition) is 2. The highest BCUT2D eigenvalue weighted by Crippen LogP contribution is 1.97. The zero-order valence-electron chi connectivity index (χ0n) is 5.71. The van der Waals surface area contributed by atoms with Gasteiger partial charge in [0.1, 0.15) is 0 Å². The molecule has 1 rings (SSSR count). The Morgan fingerprint density at radius 2 is 2.30 bits per heavy atom. The Hall–Kier alpha value is 0.130. The van der Waals surface area contributed by atoms with Crippen molar-refractivity contribution in [2.45, 2.75) is 6.10 Å². The maximum atomic E-state index is 5.25. The number of hydrazine groups is 1. The molecule has 0 aromatic rings. The standard InChI is InChI=1S/C5H12N2O2.ClH/c6-7-3-5-4-8-1-2-9-5;/h5,7H,1-4,6H2;1H. The third-order valence-electron chi connectivity index (χ3n) is 1.23. The molecule has 3 N–H and O–H groups in total. The van der Waals surface area contributed by atoms with E-state index in [0.29, 0.717) is 26.4 Å². The molecule has 1 saturated heterocycles. The first-order valence-electron chi connectivity index (χ1n) is 3.06. The van der Waals surface area contributed by atoms with Crippen LogP contribution in [0.15, 0.2) is 0 Å². The molecule has 1 fully saturated rings. The Morgan fingerprint density at radius 1 is 1.50 bits per heavy atom. The molecule has 0 saturated carbocycles. The van der Waals surface area contributed by atoms with E-state index in [1.54, 1.807) is 0 Å². The Labute approximate surface area is 66.4 Å². The van der Waals surface area contributed by atoms with Crippen LogP contribution in [0.3, 0.4) is 0 Å². The molecule has 62 valence electrons. The van der Waals surface area contributed by atoms with Crippen LogP contribution in [-0.4, -0.2) is 32.5 Å². The molecule has 1 aliphatic heterocycles. The largest absolute Gasteiger partial charge is 0.376 e. The Kier molecular flexibility index (Phi) is 5.96. The van der Waals surface area contributed by atoms with E-state index in [1.165, 1.54) is 0 Å². The van der Waals surface area contributed by atoms with Crippen LogP contribution in [-0.2, 0) is 9.47 Å². The SMILES string of the molecule is Cl.NNCC1COCCO1. The maximum Gasteiger partial charge on any atom is 0.0947 e. The van der Waals surface area contributed by atoms with Gasteiger partial charge >= 0.3 is 0 Å². The summed E-state index contributed by atoms with van der Waals surface area (Å²) in [6.07, 6.45) is 0.142. The molecule has 0 amide bonds. The first-order valence-corrected chi connectivity index (χ1v) is 3.06. The molecule has 0 aromatic carbocycles. The predicted molar refractivity (Wildman–Crippen MR) is 40.0 cm³/mol. The molecule has 0 radical (unpaired) electrons. The smallest absolute Gasteiger partial charge is 0.0947 e. The van der Waals surface area contributed by atoms with Gasteiger partial charge in [0.2, 0.25) is 0 Å². The highest BCUT2D eigenvalue weighted by molar-refractivity contribution is 5.85. The molecule has 1 atom stereocenters. The van der Waals surface area contributed by atoms with Gasteiger partial charge < -0.3 is 9.47 Å². The van der Waals surface area contributed by atoms with Crippen molar-refractivity contribution in [1.82, 2.24) is 5.43 Å². The average molecular weight is 169 g/mol. The topological polar surface area (TPSA) is 56.5 Å². The Morgan fingerprint density at radius 3 is 2.80 bits per heavy atom. The zero-order valence-corrected chi connectivity index (χ0v) is 6.52. The van der Waals surface area contributed by atoms with Crippen molar-refractivity contribution in [2.75, 3.05) is 26.4 Å². The van der Waals surface area contributed by atoms with E-state index in [1.807, 2.05) is 0 Å². The lowest BCUT2D eigenvalue weighted by Crippen LogP contribution is -2.39. The Bertz CT molecular complexity index is 75.3. The second-order valence-corrected chi connectivity index (χ2v) is 1.98. The molecule has 10 heavy (non-hydrogen) atoms. The molecular formula is C5H13ClN2O2. The van der Waals surface area contributed by atoms with Gasteiger partial charge in [-0.3, -0.25) is 11.3 Å². The van der Waals surface area contributed by atoms with Crippen molar-refractivity contribution in [2.24, 2.45) is 5.84 Å². The summed E-state index contributed by atoms with van der Waals surface area (Å²) in [5.41, 5.74) is 2.53. The highest BCUT2D eigenvalue weighted by Gasteiger charge is 2.12. The van der Waals surface area contributed by atoms with E-state index in [4.69, 9.17) is 15.3 Å². The average Bonchev–Trinajstić information content (AvgIpc) is 1.91. The van der Waals surface area contributed by atoms with Crippen LogP contribution in [0.1, 0.15) is 0 Å². The van der Waals surface area contributed by atoms with Gasteiger partial charge in [0.05, 0.1) is 25.9 Å². The number of nitrogens with two attached hydrogens (primary N) is 1. The Balaban J connectivity index is 0.000000810. The van der Waals surface area contributed by atoms with Crippen LogP contribution in [0.2, 0.25) is 0 Å². The minimum Gasteiger partial charge on any atom is -0.376 e. The van der Waals surface area contributed by atoms with Gasteiger partial charge in [-0.2, -0.15) is 0 Å². The van der Waals surface area contributed by atoms with Gasteiger partial charge in [-0.1, -0.05) is 0 Å². The molecule has 1 aliphatic rings.